The second-order valence-electron chi connectivity index (χ2n) is 6.34. The van der Waals surface area contributed by atoms with Crippen LogP contribution in [0.3, 0.4) is 0 Å². The smallest absolute Gasteiger partial charge is 0.342 e. The summed E-state index contributed by atoms with van der Waals surface area (Å²) in [5.74, 6) is 0.0137. The Morgan fingerprint density at radius 3 is 2.55 bits per heavy atom. The number of carbonyl (C=O) groups excluding carboxylic acids is 2. The van der Waals surface area contributed by atoms with Crippen molar-refractivity contribution in [2.75, 3.05) is 21.0 Å². The first-order valence-electron chi connectivity index (χ1n) is 8.82. The number of hydrogen-bond acceptors (Lipinski definition) is 9. The molecule has 0 saturated carbocycles. The van der Waals surface area contributed by atoms with Crippen LogP contribution in [-0.4, -0.2) is 38.0 Å². The number of esters is 2. The Morgan fingerprint density at radius 2 is 1.93 bits per heavy atom. The number of fused-ring (bicyclic) bond motifs is 1. The third kappa shape index (κ3) is 5.15. The largest absolute Gasteiger partial charge is 0.496 e. The summed E-state index contributed by atoms with van der Waals surface area (Å²) >= 11 is 0. The quantitative estimate of drug-likeness (QED) is 0.189. The van der Waals surface area contributed by atoms with Crippen LogP contribution in [0.4, 0.5) is 0 Å². The van der Waals surface area contributed by atoms with E-state index in [0.717, 1.165) is 16.7 Å². The lowest BCUT2D eigenvalue weighted by molar-refractivity contribution is -0.765. The number of cyclic esters (lactones) is 1. The summed E-state index contributed by atoms with van der Waals surface area (Å²) in [5, 5.41) is 8.99. The monoisotopic (exact) mass is 409 g/mol. The summed E-state index contributed by atoms with van der Waals surface area (Å²) in [7, 11) is 3.04. The van der Waals surface area contributed by atoms with Crippen LogP contribution in [0.15, 0.2) is 11.6 Å². The number of allylic oxidation sites excluding steroid dienone is 2. The molecule has 1 aromatic carbocycles. The summed E-state index contributed by atoms with van der Waals surface area (Å²) in [6, 6.07) is 0. The minimum Gasteiger partial charge on any atom is -0.496 e. The van der Waals surface area contributed by atoms with E-state index in [4.69, 9.17) is 14.2 Å². The van der Waals surface area contributed by atoms with Gasteiger partial charge in [0.15, 0.2) is 0 Å². The summed E-state index contributed by atoms with van der Waals surface area (Å²) in [6.45, 7) is 3.16. The number of benzene rings is 1. The van der Waals surface area contributed by atoms with Crippen LogP contribution in [0.5, 0.6) is 11.5 Å². The fourth-order valence-corrected chi connectivity index (χ4v) is 3.12. The van der Waals surface area contributed by atoms with Crippen molar-refractivity contribution in [3.63, 3.8) is 0 Å². The normalized spacial score (nSPS) is 12.8. The Labute approximate surface area is 167 Å². The molecule has 0 spiro atoms. The van der Waals surface area contributed by atoms with Gasteiger partial charge in [-0.15, -0.1) is 10.1 Å². The summed E-state index contributed by atoms with van der Waals surface area (Å²) in [5.41, 5.74) is 3.60. The van der Waals surface area contributed by atoms with Crippen molar-refractivity contribution < 1.29 is 38.5 Å². The SMILES string of the molecule is COc1c(C)c2c(c(OC)c1C/C=C(\C)CCC(=O)OCO[N+](=O)[O-])C(=O)OC2. The van der Waals surface area contributed by atoms with Crippen LogP contribution in [0.2, 0.25) is 0 Å². The van der Waals surface area contributed by atoms with Crippen molar-refractivity contribution in [1.82, 2.24) is 0 Å². The first-order chi connectivity index (χ1) is 13.8. The van der Waals surface area contributed by atoms with Gasteiger partial charge in [-0.2, -0.15) is 0 Å². The number of ether oxygens (including phenoxy) is 4. The molecular formula is C19H23NO9. The van der Waals surface area contributed by atoms with E-state index in [1.54, 1.807) is 7.11 Å². The standard InChI is InChI=1S/C19H23NO9/c1-11(6-8-15(21)28-10-29-20(23)24)5-7-13-17(25-3)12(2)14-9-27-19(22)16(14)18(13)26-4/h5H,6-10H2,1-4H3/b11-5+. The van der Waals surface area contributed by atoms with Gasteiger partial charge in [-0.05, 0) is 32.3 Å². The number of methoxy groups -OCH3 is 2. The van der Waals surface area contributed by atoms with E-state index in [1.165, 1.54) is 7.11 Å². The average molecular weight is 409 g/mol. The fraction of sp³-hybridized carbons (Fsp3) is 0.474. The third-order valence-electron chi connectivity index (χ3n) is 4.59. The van der Waals surface area contributed by atoms with Crippen LogP contribution in [0, 0.1) is 17.0 Å². The van der Waals surface area contributed by atoms with Gasteiger partial charge >= 0.3 is 11.9 Å². The van der Waals surface area contributed by atoms with Crippen LogP contribution in [0.1, 0.15) is 46.8 Å². The van der Waals surface area contributed by atoms with Gasteiger partial charge in [0.2, 0.25) is 6.79 Å². The Hall–Kier alpha value is -3.30. The van der Waals surface area contributed by atoms with Crippen molar-refractivity contribution in [2.24, 2.45) is 0 Å². The number of rotatable bonds is 10. The topological polar surface area (TPSA) is 123 Å². The molecule has 0 aromatic heterocycles. The van der Waals surface area contributed by atoms with Crippen molar-refractivity contribution in [2.45, 2.75) is 39.7 Å². The first kappa shape index (κ1) is 22.0. The molecule has 2 rings (SSSR count). The van der Waals surface area contributed by atoms with Crippen molar-refractivity contribution in [3.8, 4) is 11.5 Å². The Morgan fingerprint density at radius 1 is 1.24 bits per heavy atom. The summed E-state index contributed by atoms with van der Waals surface area (Å²) < 4.78 is 20.8. The van der Waals surface area contributed by atoms with Crippen molar-refractivity contribution >= 4 is 11.9 Å². The minimum absolute atomic E-state index is 0.0488. The molecule has 10 nitrogen and oxygen atoms in total. The van der Waals surface area contributed by atoms with Gasteiger partial charge in [0, 0.05) is 17.5 Å². The molecular weight excluding hydrogens is 386 g/mol. The van der Waals surface area contributed by atoms with Crippen molar-refractivity contribution in [1.29, 1.82) is 0 Å². The zero-order valence-electron chi connectivity index (χ0n) is 16.7. The van der Waals surface area contributed by atoms with E-state index in [1.807, 2.05) is 19.9 Å². The molecule has 0 atom stereocenters. The minimum atomic E-state index is -1.03. The van der Waals surface area contributed by atoms with E-state index >= 15 is 0 Å². The first-order valence-corrected chi connectivity index (χ1v) is 8.82. The predicted octanol–water partition coefficient (Wildman–Crippen LogP) is 2.66. The number of carbonyl (C=O) groups is 2. The van der Waals surface area contributed by atoms with E-state index in [2.05, 4.69) is 9.57 Å². The van der Waals surface area contributed by atoms with Crippen LogP contribution in [0.25, 0.3) is 0 Å². The highest BCUT2D eigenvalue weighted by molar-refractivity contribution is 5.98. The van der Waals surface area contributed by atoms with Gasteiger partial charge < -0.3 is 18.9 Å². The maximum Gasteiger partial charge on any atom is 0.342 e. The molecule has 0 unspecified atom stereocenters. The molecule has 1 aromatic rings. The van der Waals surface area contributed by atoms with E-state index < -0.39 is 23.8 Å². The predicted molar refractivity (Wildman–Crippen MR) is 99.1 cm³/mol. The molecule has 0 N–H and O–H groups in total. The van der Waals surface area contributed by atoms with E-state index in [0.29, 0.717) is 35.5 Å². The maximum absolute atomic E-state index is 12.1. The molecule has 0 radical (unpaired) electrons. The maximum atomic E-state index is 12.1. The Balaban J connectivity index is 2.12. The lowest BCUT2D eigenvalue weighted by atomic mass is 9.94. The summed E-state index contributed by atoms with van der Waals surface area (Å²) in [6.07, 6.45) is 2.76. The van der Waals surface area contributed by atoms with E-state index in [-0.39, 0.29) is 13.0 Å². The zero-order valence-corrected chi connectivity index (χ0v) is 16.7. The van der Waals surface area contributed by atoms with Crippen LogP contribution < -0.4 is 9.47 Å². The molecule has 0 aliphatic carbocycles. The van der Waals surface area contributed by atoms with Gasteiger partial charge in [-0.1, -0.05) is 11.6 Å². The highest BCUT2D eigenvalue weighted by atomic mass is 17.0. The lowest BCUT2D eigenvalue weighted by Gasteiger charge is -2.18. The van der Waals surface area contributed by atoms with Gasteiger partial charge in [0.25, 0.3) is 5.09 Å². The fourth-order valence-electron chi connectivity index (χ4n) is 3.12. The molecule has 1 heterocycles. The molecule has 0 saturated heterocycles. The molecule has 0 bridgehead atoms. The van der Waals surface area contributed by atoms with E-state index in [9.17, 15) is 19.7 Å². The molecule has 1 aliphatic heterocycles. The van der Waals surface area contributed by atoms with Crippen LogP contribution >= 0.6 is 0 Å². The van der Waals surface area contributed by atoms with Crippen molar-refractivity contribution in [3.05, 3.63) is 44.0 Å². The van der Waals surface area contributed by atoms with Gasteiger partial charge in [0.05, 0.1) is 14.2 Å². The molecule has 158 valence electrons. The zero-order chi connectivity index (χ0) is 21.6. The van der Waals surface area contributed by atoms with Crippen LogP contribution in [-0.2, 0) is 32.1 Å². The Bertz CT molecular complexity index is 845. The second-order valence-corrected chi connectivity index (χ2v) is 6.34. The molecule has 0 amide bonds. The average Bonchev–Trinajstić information content (AvgIpc) is 3.06. The lowest BCUT2D eigenvalue weighted by Crippen LogP contribution is -2.11. The van der Waals surface area contributed by atoms with Gasteiger partial charge in [-0.3, -0.25) is 9.63 Å². The Kier molecular flexibility index (Phi) is 7.40. The summed E-state index contributed by atoms with van der Waals surface area (Å²) in [4.78, 5) is 37.7. The number of hydrogen-bond donors (Lipinski definition) is 0. The van der Waals surface area contributed by atoms with Gasteiger partial charge in [-0.25, -0.2) is 4.79 Å². The highest BCUT2D eigenvalue weighted by Crippen LogP contribution is 2.42. The molecule has 0 fully saturated rings. The third-order valence-corrected chi connectivity index (χ3v) is 4.59. The molecule has 29 heavy (non-hydrogen) atoms. The number of nitrogens with zero attached hydrogens (tertiary/aromatic N) is 1. The van der Waals surface area contributed by atoms with Gasteiger partial charge in [0.1, 0.15) is 23.7 Å². The highest BCUT2D eigenvalue weighted by Gasteiger charge is 2.32. The molecule has 10 heteroatoms. The molecule has 1 aliphatic rings. The second kappa shape index (κ2) is 9.76.